The zero-order chi connectivity index (χ0) is 22.5. The molecule has 2 aromatic carbocycles. The maximum atomic E-state index is 12.1. The van der Waals surface area contributed by atoms with Crippen LogP contribution in [0.1, 0.15) is 16.1 Å². The van der Waals surface area contributed by atoms with E-state index in [9.17, 15) is 14.7 Å². The first kappa shape index (κ1) is 20.9. The standard InChI is InChI=1S/C21H15ClN6O4/c22-17-8-4-3-7-16(17)20-25-27-28(26-20)12-19(29)24-23-11-13-9-10-18(32-13)14-5-1-2-6-15(14)21(30)31/h1-11H,12H2,(H,24,29)(H,30,31)/b23-11-. The van der Waals surface area contributed by atoms with Gasteiger partial charge in [-0.15, -0.1) is 10.2 Å². The van der Waals surface area contributed by atoms with Crippen molar-refractivity contribution in [3.63, 3.8) is 0 Å². The van der Waals surface area contributed by atoms with Crippen LogP contribution < -0.4 is 5.43 Å². The van der Waals surface area contributed by atoms with Crippen LogP contribution in [0.15, 0.2) is 70.2 Å². The van der Waals surface area contributed by atoms with Crippen LogP contribution in [0.5, 0.6) is 0 Å². The molecule has 11 heteroatoms. The second kappa shape index (κ2) is 9.23. The van der Waals surface area contributed by atoms with E-state index in [1.165, 1.54) is 12.3 Å². The number of carboxylic acids is 1. The molecule has 0 aliphatic rings. The van der Waals surface area contributed by atoms with Crippen LogP contribution in [0.3, 0.4) is 0 Å². The molecule has 2 N–H and O–H groups in total. The fourth-order valence-corrected chi connectivity index (χ4v) is 3.06. The number of carbonyl (C=O) groups excluding carboxylic acids is 1. The highest BCUT2D eigenvalue weighted by Crippen LogP contribution is 2.25. The molecule has 10 nitrogen and oxygen atoms in total. The number of halogens is 1. The number of tetrazole rings is 1. The lowest BCUT2D eigenvalue weighted by molar-refractivity contribution is -0.122. The van der Waals surface area contributed by atoms with E-state index in [4.69, 9.17) is 16.0 Å². The molecule has 0 unspecified atom stereocenters. The van der Waals surface area contributed by atoms with Crippen LogP contribution in [-0.2, 0) is 11.3 Å². The van der Waals surface area contributed by atoms with Gasteiger partial charge in [0.05, 0.1) is 16.8 Å². The van der Waals surface area contributed by atoms with E-state index < -0.39 is 11.9 Å². The van der Waals surface area contributed by atoms with Crippen LogP contribution >= 0.6 is 11.6 Å². The predicted molar refractivity (Wildman–Crippen MR) is 115 cm³/mol. The Hall–Kier alpha value is -4.31. The van der Waals surface area contributed by atoms with Crippen LogP contribution in [0.2, 0.25) is 5.02 Å². The van der Waals surface area contributed by atoms with Gasteiger partial charge < -0.3 is 9.52 Å². The van der Waals surface area contributed by atoms with Gasteiger partial charge in [-0.2, -0.15) is 9.90 Å². The number of rotatable bonds is 7. The number of furan rings is 1. The number of carboxylic acid groups (broad SMARTS) is 1. The monoisotopic (exact) mass is 450 g/mol. The summed E-state index contributed by atoms with van der Waals surface area (Å²) in [4.78, 5) is 24.6. The molecule has 0 atom stereocenters. The molecule has 4 rings (SSSR count). The number of benzene rings is 2. The SMILES string of the molecule is O=C(Cn1nnc(-c2ccccc2Cl)n1)N/N=C\c1ccc(-c2ccccc2C(=O)O)o1. The van der Waals surface area contributed by atoms with E-state index in [1.54, 1.807) is 54.6 Å². The summed E-state index contributed by atoms with van der Waals surface area (Å²) in [5.41, 5.74) is 3.51. The summed E-state index contributed by atoms with van der Waals surface area (Å²) in [6.45, 7) is -0.204. The predicted octanol–water partition coefficient (Wildman–Crippen LogP) is 3.10. The Morgan fingerprint density at radius 3 is 2.62 bits per heavy atom. The van der Waals surface area contributed by atoms with Gasteiger partial charge in [-0.05, 0) is 35.5 Å². The molecule has 0 aliphatic heterocycles. The molecule has 4 aromatic rings. The number of hydrogen-bond donors (Lipinski definition) is 2. The normalized spacial score (nSPS) is 11.0. The summed E-state index contributed by atoms with van der Waals surface area (Å²) in [5.74, 6) is -0.530. The maximum Gasteiger partial charge on any atom is 0.336 e. The van der Waals surface area contributed by atoms with Gasteiger partial charge in [0, 0.05) is 11.1 Å². The Morgan fingerprint density at radius 1 is 1.09 bits per heavy atom. The molecule has 2 aromatic heterocycles. The molecular weight excluding hydrogens is 436 g/mol. The number of aromatic carboxylic acids is 1. The van der Waals surface area contributed by atoms with E-state index >= 15 is 0 Å². The number of hydrogen-bond acceptors (Lipinski definition) is 7. The highest BCUT2D eigenvalue weighted by Gasteiger charge is 2.14. The maximum absolute atomic E-state index is 12.1. The van der Waals surface area contributed by atoms with E-state index in [1.807, 2.05) is 0 Å². The number of amides is 1. The Kier molecular flexibility index (Phi) is 6.04. The van der Waals surface area contributed by atoms with Crippen molar-refractivity contribution in [3.05, 3.63) is 77.0 Å². The van der Waals surface area contributed by atoms with Gasteiger partial charge in [-0.25, -0.2) is 10.2 Å². The number of aromatic nitrogens is 4. The third kappa shape index (κ3) is 4.71. The summed E-state index contributed by atoms with van der Waals surface area (Å²) >= 11 is 6.11. The zero-order valence-electron chi connectivity index (χ0n) is 16.3. The first-order valence-corrected chi connectivity index (χ1v) is 9.66. The summed E-state index contributed by atoms with van der Waals surface area (Å²) in [5, 5.41) is 25.5. The molecule has 32 heavy (non-hydrogen) atoms. The molecule has 0 saturated heterocycles. The number of hydrazone groups is 1. The minimum absolute atomic E-state index is 0.120. The van der Waals surface area contributed by atoms with Crippen LogP contribution in [0.25, 0.3) is 22.7 Å². The van der Waals surface area contributed by atoms with Crippen molar-refractivity contribution in [2.24, 2.45) is 5.10 Å². The zero-order valence-corrected chi connectivity index (χ0v) is 17.1. The van der Waals surface area contributed by atoms with Crippen LogP contribution in [-0.4, -0.2) is 43.4 Å². The van der Waals surface area contributed by atoms with Gasteiger partial charge >= 0.3 is 5.97 Å². The lowest BCUT2D eigenvalue weighted by atomic mass is 10.1. The van der Waals surface area contributed by atoms with Gasteiger partial charge in [0.25, 0.3) is 5.91 Å². The molecule has 1 amide bonds. The average molecular weight is 451 g/mol. The van der Waals surface area contributed by atoms with Gasteiger partial charge in [0.15, 0.2) is 0 Å². The fourth-order valence-electron chi connectivity index (χ4n) is 2.84. The Morgan fingerprint density at radius 2 is 1.84 bits per heavy atom. The van der Waals surface area contributed by atoms with Gasteiger partial charge in [-0.1, -0.05) is 41.9 Å². The number of nitrogens with zero attached hydrogens (tertiary/aromatic N) is 5. The topological polar surface area (TPSA) is 136 Å². The fraction of sp³-hybridized carbons (Fsp3) is 0.0476. The number of nitrogens with one attached hydrogen (secondary N) is 1. The van der Waals surface area contributed by atoms with Crippen molar-refractivity contribution >= 4 is 29.7 Å². The first-order valence-electron chi connectivity index (χ1n) is 9.28. The quantitative estimate of drug-likeness (QED) is 0.326. The third-order valence-electron chi connectivity index (χ3n) is 4.28. The number of carbonyl (C=O) groups is 2. The molecule has 0 aliphatic carbocycles. The van der Waals surface area contributed by atoms with Gasteiger partial charge in [0.1, 0.15) is 18.1 Å². The highest BCUT2D eigenvalue weighted by atomic mass is 35.5. The summed E-state index contributed by atoms with van der Waals surface area (Å²) in [7, 11) is 0. The summed E-state index contributed by atoms with van der Waals surface area (Å²) < 4.78 is 5.61. The van der Waals surface area contributed by atoms with Crippen molar-refractivity contribution in [1.29, 1.82) is 0 Å². The second-order valence-corrected chi connectivity index (χ2v) is 6.88. The smallest absolute Gasteiger partial charge is 0.336 e. The first-order chi connectivity index (χ1) is 15.5. The van der Waals surface area contributed by atoms with Crippen molar-refractivity contribution in [2.75, 3.05) is 0 Å². The largest absolute Gasteiger partial charge is 0.478 e. The Balaban J connectivity index is 1.37. The molecule has 160 valence electrons. The molecular formula is C21H15ClN6O4. The van der Waals surface area contributed by atoms with E-state index in [-0.39, 0.29) is 12.1 Å². The van der Waals surface area contributed by atoms with Crippen molar-refractivity contribution < 1.29 is 19.1 Å². The van der Waals surface area contributed by atoms with E-state index in [2.05, 4.69) is 25.9 Å². The van der Waals surface area contributed by atoms with Crippen molar-refractivity contribution in [3.8, 4) is 22.7 Å². The average Bonchev–Trinajstić information content (AvgIpc) is 3.44. The highest BCUT2D eigenvalue weighted by molar-refractivity contribution is 6.33. The van der Waals surface area contributed by atoms with Gasteiger partial charge in [0.2, 0.25) is 5.82 Å². The third-order valence-corrected chi connectivity index (χ3v) is 4.61. The van der Waals surface area contributed by atoms with E-state index in [0.717, 1.165) is 4.80 Å². The molecule has 0 spiro atoms. The second-order valence-electron chi connectivity index (χ2n) is 6.47. The molecule has 2 heterocycles. The van der Waals surface area contributed by atoms with Gasteiger partial charge in [-0.3, -0.25) is 4.79 Å². The van der Waals surface area contributed by atoms with Crippen molar-refractivity contribution in [1.82, 2.24) is 25.6 Å². The van der Waals surface area contributed by atoms with Crippen LogP contribution in [0, 0.1) is 0 Å². The van der Waals surface area contributed by atoms with E-state index in [0.29, 0.717) is 33.5 Å². The lowest BCUT2D eigenvalue weighted by Gasteiger charge is -2.01. The molecule has 0 radical (unpaired) electrons. The lowest BCUT2D eigenvalue weighted by Crippen LogP contribution is -2.24. The van der Waals surface area contributed by atoms with Crippen LogP contribution in [0.4, 0.5) is 0 Å². The Bertz CT molecular complexity index is 1310. The van der Waals surface area contributed by atoms with Crippen molar-refractivity contribution in [2.45, 2.75) is 6.54 Å². The summed E-state index contributed by atoms with van der Waals surface area (Å²) in [6, 6.07) is 16.8. The minimum Gasteiger partial charge on any atom is -0.478 e. The molecule has 0 fully saturated rings. The molecule has 0 saturated carbocycles. The summed E-state index contributed by atoms with van der Waals surface area (Å²) in [6.07, 6.45) is 1.30. The molecule has 0 bridgehead atoms. The minimum atomic E-state index is -1.06. The Labute approximate surface area is 186 Å².